The van der Waals surface area contributed by atoms with E-state index >= 15 is 0 Å². The first-order valence-corrected chi connectivity index (χ1v) is 6.32. The number of hydrogen-bond donors (Lipinski definition) is 2. The number of nitrogens with one attached hydrogen (secondary N) is 1. The van der Waals surface area contributed by atoms with Crippen molar-refractivity contribution in [2.75, 3.05) is 19.8 Å². The lowest BCUT2D eigenvalue weighted by molar-refractivity contribution is -0.0617. The smallest absolute Gasteiger partial charge is 0.124 e. The summed E-state index contributed by atoms with van der Waals surface area (Å²) in [4.78, 5) is 0. The molecular formula is C14H17FN2O2. The molecule has 1 saturated heterocycles. The molecule has 1 heterocycles. The Labute approximate surface area is 111 Å². The van der Waals surface area contributed by atoms with Gasteiger partial charge < -0.3 is 15.2 Å². The number of ether oxygens (including phenoxy) is 1. The largest absolute Gasteiger partial charge is 0.388 e. The molecule has 1 aromatic carbocycles. The van der Waals surface area contributed by atoms with E-state index in [-0.39, 0.29) is 0 Å². The molecule has 1 fully saturated rings. The van der Waals surface area contributed by atoms with Gasteiger partial charge in [-0.25, -0.2) is 4.39 Å². The van der Waals surface area contributed by atoms with E-state index in [0.29, 0.717) is 50.3 Å². The van der Waals surface area contributed by atoms with Crippen LogP contribution in [-0.4, -0.2) is 30.5 Å². The van der Waals surface area contributed by atoms with Crippen molar-refractivity contribution in [3.05, 3.63) is 35.1 Å². The molecule has 5 heteroatoms. The molecule has 0 saturated carbocycles. The molecule has 19 heavy (non-hydrogen) atoms. The van der Waals surface area contributed by atoms with Crippen LogP contribution in [0.1, 0.15) is 24.0 Å². The van der Waals surface area contributed by atoms with Crippen molar-refractivity contribution in [1.29, 1.82) is 5.26 Å². The van der Waals surface area contributed by atoms with Crippen LogP contribution < -0.4 is 5.32 Å². The Morgan fingerprint density at radius 3 is 2.79 bits per heavy atom. The fraction of sp³-hybridized carbons (Fsp3) is 0.500. The molecule has 0 bridgehead atoms. The quantitative estimate of drug-likeness (QED) is 0.861. The van der Waals surface area contributed by atoms with Crippen LogP contribution in [0.3, 0.4) is 0 Å². The fourth-order valence-corrected chi connectivity index (χ4v) is 2.18. The van der Waals surface area contributed by atoms with E-state index in [1.54, 1.807) is 6.07 Å². The highest BCUT2D eigenvalue weighted by atomic mass is 19.1. The molecule has 0 aromatic heterocycles. The van der Waals surface area contributed by atoms with Crippen LogP contribution in [0, 0.1) is 17.1 Å². The molecule has 0 radical (unpaired) electrons. The van der Waals surface area contributed by atoms with Crippen LogP contribution in [0.25, 0.3) is 0 Å². The van der Waals surface area contributed by atoms with E-state index in [1.165, 1.54) is 12.1 Å². The van der Waals surface area contributed by atoms with Gasteiger partial charge in [-0.2, -0.15) is 5.26 Å². The molecule has 0 unspecified atom stereocenters. The van der Waals surface area contributed by atoms with Crippen LogP contribution in [-0.2, 0) is 11.3 Å². The third kappa shape index (κ3) is 4.00. The summed E-state index contributed by atoms with van der Waals surface area (Å²) >= 11 is 0. The molecule has 1 aromatic rings. The van der Waals surface area contributed by atoms with Crippen molar-refractivity contribution < 1.29 is 14.2 Å². The van der Waals surface area contributed by atoms with Gasteiger partial charge in [0.05, 0.1) is 17.2 Å². The van der Waals surface area contributed by atoms with Crippen molar-refractivity contribution in [1.82, 2.24) is 5.32 Å². The highest BCUT2D eigenvalue weighted by molar-refractivity contribution is 5.33. The van der Waals surface area contributed by atoms with Crippen molar-refractivity contribution in [3.63, 3.8) is 0 Å². The minimum absolute atomic E-state index is 0.307. The van der Waals surface area contributed by atoms with Crippen LogP contribution in [0.15, 0.2) is 18.2 Å². The van der Waals surface area contributed by atoms with E-state index in [0.717, 1.165) is 0 Å². The molecular weight excluding hydrogens is 247 g/mol. The average molecular weight is 264 g/mol. The van der Waals surface area contributed by atoms with Crippen molar-refractivity contribution in [3.8, 4) is 6.07 Å². The number of aliphatic hydroxyl groups is 1. The molecule has 2 N–H and O–H groups in total. The number of benzene rings is 1. The normalized spacial score (nSPS) is 17.9. The Morgan fingerprint density at radius 1 is 1.37 bits per heavy atom. The van der Waals surface area contributed by atoms with Gasteiger partial charge in [0.2, 0.25) is 0 Å². The third-order valence-electron chi connectivity index (χ3n) is 3.29. The minimum Gasteiger partial charge on any atom is -0.388 e. The summed E-state index contributed by atoms with van der Waals surface area (Å²) in [6.07, 6.45) is 1.21. The highest BCUT2D eigenvalue weighted by Gasteiger charge is 2.29. The second kappa shape index (κ2) is 6.11. The maximum atomic E-state index is 13.2. The van der Waals surface area contributed by atoms with Crippen LogP contribution in [0.4, 0.5) is 4.39 Å². The number of halogens is 1. The number of nitriles is 1. The molecule has 0 amide bonds. The fourth-order valence-electron chi connectivity index (χ4n) is 2.18. The lowest BCUT2D eigenvalue weighted by Gasteiger charge is -2.32. The molecule has 1 aliphatic rings. The standard InChI is InChI=1S/C14H17FN2O2/c15-13-6-11(8-16)5-12(7-13)9-17-10-14(18)1-3-19-4-2-14/h5-7,17-18H,1-4,9-10H2. The van der Waals surface area contributed by atoms with E-state index < -0.39 is 11.4 Å². The van der Waals surface area contributed by atoms with E-state index in [2.05, 4.69) is 5.32 Å². The summed E-state index contributed by atoms with van der Waals surface area (Å²) in [5.74, 6) is -0.416. The maximum Gasteiger partial charge on any atom is 0.124 e. The van der Waals surface area contributed by atoms with Crippen molar-refractivity contribution in [2.45, 2.75) is 25.0 Å². The monoisotopic (exact) mass is 264 g/mol. The first kappa shape index (κ1) is 13.9. The van der Waals surface area contributed by atoms with E-state index in [1.807, 2.05) is 6.07 Å². The van der Waals surface area contributed by atoms with Crippen LogP contribution in [0.2, 0.25) is 0 Å². The summed E-state index contributed by atoms with van der Waals surface area (Å²) in [6.45, 7) is 2.00. The molecule has 0 spiro atoms. The Kier molecular flexibility index (Phi) is 4.48. The van der Waals surface area contributed by atoms with Crippen molar-refractivity contribution >= 4 is 0 Å². The van der Waals surface area contributed by atoms with Crippen molar-refractivity contribution in [2.24, 2.45) is 0 Å². The molecule has 2 rings (SSSR count). The van der Waals surface area contributed by atoms with Gasteiger partial charge in [0.1, 0.15) is 5.82 Å². The van der Waals surface area contributed by atoms with E-state index in [9.17, 15) is 9.50 Å². The maximum absolute atomic E-state index is 13.2. The zero-order chi connectivity index (χ0) is 13.7. The predicted octanol–water partition coefficient (Wildman–Crippen LogP) is 1.33. The minimum atomic E-state index is -0.746. The van der Waals surface area contributed by atoms with Gasteiger partial charge in [0.15, 0.2) is 0 Å². The number of hydrogen-bond acceptors (Lipinski definition) is 4. The molecule has 4 nitrogen and oxygen atoms in total. The molecule has 0 atom stereocenters. The summed E-state index contributed by atoms with van der Waals surface area (Å²) < 4.78 is 18.4. The van der Waals surface area contributed by atoms with Gasteiger partial charge in [-0.05, 0) is 23.8 Å². The predicted molar refractivity (Wildman–Crippen MR) is 67.8 cm³/mol. The summed E-state index contributed by atoms with van der Waals surface area (Å²) in [5.41, 5.74) is 0.262. The second-order valence-corrected chi connectivity index (χ2v) is 4.90. The van der Waals surface area contributed by atoms with E-state index in [4.69, 9.17) is 10.00 Å². The molecule has 0 aliphatic carbocycles. The average Bonchev–Trinajstić information content (AvgIpc) is 2.38. The zero-order valence-corrected chi connectivity index (χ0v) is 10.7. The Balaban J connectivity index is 1.88. The van der Waals surface area contributed by atoms with Gasteiger partial charge in [-0.3, -0.25) is 0 Å². The Morgan fingerprint density at radius 2 is 2.11 bits per heavy atom. The van der Waals surface area contributed by atoms with Gasteiger partial charge in [0, 0.05) is 39.1 Å². The third-order valence-corrected chi connectivity index (χ3v) is 3.29. The lowest BCUT2D eigenvalue weighted by atomic mass is 9.94. The topological polar surface area (TPSA) is 65.3 Å². The number of nitrogens with zero attached hydrogens (tertiary/aromatic N) is 1. The lowest BCUT2D eigenvalue weighted by Crippen LogP contribution is -2.44. The van der Waals surface area contributed by atoms with Gasteiger partial charge in [-0.15, -0.1) is 0 Å². The van der Waals surface area contributed by atoms with Gasteiger partial charge in [0.25, 0.3) is 0 Å². The van der Waals surface area contributed by atoms with Crippen LogP contribution >= 0.6 is 0 Å². The summed E-state index contributed by atoms with van der Waals surface area (Å²) in [5, 5.41) is 22.1. The first-order valence-electron chi connectivity index (χ1n) is 6.32. The Hall–Kier alpha value is -1.48. The van der Waals surface area contributed by atoms with Gasteiger partial charge >= 0.3 is 0 Å². The van der Waals surface area contributed by atoms with Crippen LogP contribution in [0.5, 0.6) is 0 Å². The Bertz CT molecular complexity index is 479. The molecule has 1 aliphatic heterocycles. The first-order chi connectivity index (χ1) is 9.11. The zero-order valence-electron chi connectivity index (χ0n) is 10.7. The SMILES string of the molecule is N#Cc1cc(F)cc(CNCC2(O)CCOCC2)c1. The second-order valence-electron chi connectivity index (χ2n) is 4.90. The summed E-state index contributed by atoms with van der Waals surface area (Å²) in [6, 6.07) is 6.16. The number of rotatable bonds is 4. The van der Waals surface area contributed by atoms with Gasteiger partial charge in [-0.1, -0.05) is 0 Å². The highest BCUT2D eigenvalue weighted by Crippen LogP contribution is 2.19. The summed E-state index contributed by atoms with van der Waals surface area (Å²) in [7, 11) is 0. The molecule has 102 valence electrons.